The molecule has 4 heteroatoms. The molecule has 3 rings (SSSR count). The van der Waals surface area contributed by atoms with E-state index < -0.39 is 0 Å². The first kappa shape index (κ1) is 17.1. The number of likely N-dealkylation sites (tertiary alicyclic amines) is 1. The van der Waals surface area contributed by atoms with Gasteiger partial charge in [-0.2, -0.15) is 11.8 Å². The molecule has 1 aromatic carbocycles. The predicted molar refractivity (Wildman–Crippen MR) is 103 cm³/mol. The fourth-order valence-electron chi connectivity index (χ4n) is 3.84. The van der Waals surface area contributed by atoms with Crippen LogP contribution in [0.25, 0.3) is 0 Å². The van der Waals surface area contributed by atoms with Gasteiger partial charge in [0.15, 0.2) is 0 Å². The van der Waals surface area contributed by atoms with Crippen LogP contribution in [-0.2, 0) is 6.54 Å². The summed E-state index contributed by atoms with van der Waals surface area (Å²) in [5, 5.41) is 0. The molecule has 2 aliphatic rings. The van der Waals surface area contributed by atoms with Gasteiger partial charge in [-0.1, -0.05) is 18.2 Å². The van der Waals surface area contributed by atoms with E-state index in [4.69, 9.17) is 0 Å². The second-order valence-corrected chi connectivity index (χ2v) is 8.36. The van der Waals surface area contributed by atoms with Crippen molar-refractivity contribution in [1.29, 1.82) is 0 Å². The molecule has 2 aliphatic heterocycles. The first-order valence-corrected chi connectivity index (χ1v) is 10.1. The third-order valence-electron chi connectivity index (χ3n) is 5.56. The maximum Gasteiger partial charge on any atom is 0.0411 e. The van der Waals surface area contributed by atoms with E-state index in [2.05, 4.69) is 71.9 Å². The van der Waals surface area contributed by atoms with Gasteiger partial charge in [0, 0.05) is 37.1 Å². The molecule has 0 bridgehead atoms. The summed E-state index contributed by atoms with van der Waals surface area (Å²) in [4.78, 5) is 7.54. The van der Waals surface area contributed by atoms with Crippen molar-refractivity contribution in [2.24, 2.45) is 0 Å². The quantitative estimate of drug-likeness (QED) is 0.818. The van der Waals surface area contributed by atoms with Crippen LogP contribution in [0.15, 0.2) is 24.3 Å². The van der Waals surface area contributed by atoms with E-state index in [1.165, 1.54) is 55.1 Å². The summed E-state index contributed by atoms with van der Waals surface area (Å²) in [5.74, 6) is 2.62. The minimum Gasteiger partial charge on any atom is -0.371 e. The third-order valence-corrected chi connectivity index (χ3v) is 6.70. The number of anilines is 1. The zero-order valence-corrected chi connectivity index (χ0v) is 15.7. The Morgan fingerprint density at radius 2 is 1.83 bits per heavy atom. The smallest absolute Gasteiger partial charge is 0.0411 e. The number of benzene rings is 1. The summed E-state index contributed by atoms with van der Waals surface area (Å²) in [6.45, 7) is 3.51. The van der Waals surface area contributed by atoms with Crippen LogP contribution in [0.1, 0.15) is 24.8 Å². The van der Waals surface area contributed by atoms with E-state index in [1.54, 1.807) is 0 Å². The molecule has 0 spiro atoms. The Labute approximate surface area is 146 Å². The van der Waals surface area contributed by atoms with E-state index in [1.807, 2.05) is 0 Å². The van der Waals surface area contributed by atoms with Crippen LogP contribution in [0.4, 0.5) is 5.69 Å². The van der Waals surface area contributed by atoms with Crippen LogP contribution in [0.2, 0.25) is 0 Å². The molecule has 0 aromatic heterocycles. The van der Waals surface area contributed by atoms with Crippen LogP contribution >= 0.6 is 11.8 Å². The summed E-state index contributed by atoms with van der Waals surface area (Å²) in [5.41, 5.74) is 2.91. The zero-order chi connectivity index (χ0) is 16.2. The summed E-state index contributed by atoms with van der Waals surface area (Å²) < 4.78 is 0. The molecule has 0 radical (unpaired) electrons. The van der Waals surface area contributed by atoms with Gasteiger partial charge in [0.05, 0.1) is 0 Å². The molecule has 0 saturated carbocycles. The van der Waals surface area contributed by atoms with Crippen molar-refractivity contribution >= 4 is 17.4 Å². The molecule has 1 unspecified atom stereocenters. The highest BCUT2D eigenvalue weighted by Crippen LogP contribution is 2.28. The van der Waals surface area contributed by atoms with Gasteiger partial charge in [-0.3, -0.25) is 4.90 Å². The van der Waals surface area contributed by atoms with Gasteiger partial charge in [0.25, 0.3) is 0 Å². The second-order valence-electron chi connectivity index (χ2n) is 7.21. The molecule has 1 atom stereocenters. The second kappa shape index (κ2) is 7.91. The molecule has 23 heavy (non-hydrogen) atoms. The third kappa shape index (κ3) is 4.23. The molecule has 0 aliphatic carbocycles. The first-order valence-electron chi connectivity index (χ1n) is 8.92. The van der Waals surface area contributed by atoms with Gasteiger partial charge in [-0.15, -0.1) is 0 Å². The first-order chi connectivity index (χ1) is 11.1. The number of para-hydroxylation sites is 1. The maximum atomic E-state index is 2.56. The standard InChI is InChI=1S/C19H31N3S/c1-20-11-8-17(9-12-20)22(3)19-7-5-4-6-16(19)14-21(2)18-10-13-23-15-18/h4-7,17-18H,8-15H2,1-3H3. The van der Waals surface area contributed by atoms with E-state index in [0.717, 1.165) is 12.6 Å². The lowest BCUT2D eigenvalue weighted by Gasteiger charge is -2.37. The van der Waals surface area contributed by atoms with Gasteiger partial charge in [-0.05, 0) is 63.8 Å². The van der Waals surface area contributed by atoms with E-state index in [-0.39, 0.29) is 0 Å². The van der Waals surface area contributed by atoms with Crippen molar-refractivity contribution in [2.45, 2.75) is 37.9 Å². The fraction of sp³-hybridized carbons (Fsp3) is 0.684. The Kier molecular flexibility index (Phi) is 5.89. The normalized spacial score (nSPS) is 23.6. The van der Waals surface area contributed by atoms with Gasteiger partial charge in [-0.25, -0.2) is 0 Å². The highest BCUT2D eigenvalue weighted by atomic mass is 32.2. The number of rotatable bonds is 5. The highest BCUT2D eigenvalue weighted by Gasteiger charge is 2.24. The molecule has 0 N–H and O–H groups in total. The lowest BCUT2D eigenvalue weighted by atomic mass is 10.0. The van der Waals surface area contributed by atoms with Crippen molar-refractivity contribution in [3.05, 3.63) is 29.8 Å². The predicted octanol–water partition coefficient (Wildman–Crippen LogP) is 3.15. The van der Waals surface area contributed by atoms with Crippen LogP contribution in [0.3, 0.4) is 0 Å². The minimum absolute atomic E-state index is 0.680. The fourth-order valence-corrected chi connectivity index (χ4v) is 5.13. The molecule has 3 nitrogen and oxygen atoms in total. The average molecular weight is 334 g/mol. The van der Waals surface area contributed by atoms with Gasteiger partial charge < -0.3 is 9.80 Å². The number of nitrogens with zero attached hydrogens (tertiary/aromatic N) is 3. The maximum absolute atomic E-state index is 2.56. The number of hydrogen-bond donors (Lipinski definition) is 0. The van der Waals surface area contributed by atoms with Gasteiger partial charge in [0.1, 0.15) is 0 Å². The minimum atomic E-state index is 0.680. The summed E-state index contributed by atoms with van der Waals surface area (Å²) in [6, 6.07) is 10.4. The lowest BCUT2D eigenvalue weighted by Crippen LogP contribution is -2.42. The van der Waals surface area contributed by atoms with Crippen molar-refractivity contribution in [3.63, 3.8) is 0 Å². The van der Waals surface area contributed by atoms with Gasteiger partial charge >= 0.3 is 0 Å². The van der Waals surface area contributed by atoms with E-state index in [9.17, 15) is 0 Å². The van der Waals surface area contributed by atoms with Crippen molar-refractivity contribution in [1.82, 2.24) is 9.80 Å². The molecule has 1 aromatic rings. The Bertz CT molecular complexity index is 493. The monoisotopic (exact) mass is 333 g/mol. The molecular formula is C19H31N3S. The molecular weight excluding hydrogens is 302 g/mol. The highest BCUT2D eigenvalue weighted by molar-refractivity contribution is 7.99. The Balaban J connectivity index is 1.69. The average Bonchev–Trinajstić information content (AvgIpc) is 3.10. The molecule has 2 saturated heterocycles. The van der Waals surface area contributed by atoms with Crippen molar-refractivity contribution in [3.8, 4) is 0 Å². The SMILES string of the molecule is CN1CCC(N(C)c2ccccc2CN(C)C2CCSC2)CC1. The van der Waals surface area contributed by atoms with E-state index >= 15 is 0 Å². The zero-order valence-electron chi connectivity index (χ0n) is 14.9. The summed E-state index contributed by atoms with van der Waals surface area (Å²) in [6.07, 6.45) is 3.89. The topological polar surface area (TPSA) is 9.72 Å². The Hall–Kier alpha value is -0.710. The Morgan fingerprint density at radius 3 is 2.52 bits per heavy atom. The Morgan fingerprint density at radius 1 is 1.09 bits per heavy atom. The molecule has 128 valence electrons. The summed E-state index contributed by atoms with van der Waals surface area (Å²) >= 11 is 2.10. The van der Waals surface area contributed by atoms with Gasteiger partial charge in [0.2, 0.25) is 0 Å². The van der Waals surface area contributed by atoms with Crippen LogP contribution in [0, 0.1) is 0 Å². The van der Waals surface area contributed by atoms with Crippen molar-refractivity contribution in [2.75, 3.05) is 50.6 Å². The van der Waals surface area contributed by atoms with Crippen LogP contribution in [-0.4, -0.2) is 67.6 Å². The number of thioether (sulfide) groups is 1. The molecule has 2 heterocycles. The summed E-state index contributed by atoms with van der Waals surface area (Å²) in [7, 11) is 6.82. The largest absolute Gasteiger partial charge is 0.371 e. The van der Waals surface area contributed by atoms with E-state index in [0.29, 0.717) is 6.04 Å². The molecule has 0 amide bonds. The molecule has 2 fully saturated rings. The van der Waals surface area contributed by atoms with Crippen LogP contribution < -0.4 is 4.90 Å². The number of hydrogen-bond acceptors (Lipinski definition) is 4. The lowest BCUT2D eigenvalue weighted by molar-refractivity contribution is 0.249. The van der Waals surface area contributed by atoms with Crippen molar-refractivity contribution < 1.29 is 0 Å². The van der Waals surface area contributed by atoms with Crippen LogP contribution in [0.5, 0.6) is 0 Å². The number of piperidine rings is 1.